The van der Waals surface area contributed by atoms with E-state index in [1.54, 1.807) is 7.11 Å². The van der Waals surface area contributed by atoms with E-state index in [0.29, 0.717) is 11.8 Å². The minimum atomic E-state index is -0.120. The number of hydrogen-bond acceptors (Lipinski definition) is 1. The number of rotatable bonds is 5. The number of methoxy groups -OCH3 is 1. The van der Waals surface area contributed by atoms with Gasteiger partial charge < -0.3 is 4.74 Å². The van der Waals surface area contributed by atoms with E-state index in [-0.39, 0.29) is 5.82 Å². The highest BCUT2D eigenvalue weighted by atomic mass is 19.1. The molecule has 0 aromatic heterocycles. The van der Waals surface area contributed by atoms with Crippen LogP contribution < -0.4 is 4.74 Å². The molecule has 1 nitrogen and oxygen atoms in total. The van der Waals surface area contributed by atoms with Gasteiger partial charge >= 0.3 is 0 Å². The zero-order valence-electron chi connectivity index (χ0n) is 13.2. The Balaban J connectivity index is 2.00. The Labute approximate surface area is 136 Å². The standard InChI is InChI=1S/C21H19FO/c1-3-4-5-16-6-7-18-14-17(10-13-20(18)21(16)22)15-8-11-19(23-2)12-9-15/h3,6-14H,1,4-5H2,2H3. The summed E-state index contributed by atoms with van der Waals surface area (Å²) in [5.41, 5.74) is 2.90. The third kappa shape index (κ3) is 3.11. The van der Waals surface area contributed by atoms with Crippen molar-refractivity contribution in [2.24, 2.45) is 0 Å². The van der Waals surface area contributed by atoms with Gasteiger partial charge in [0, 0.05) is 5.39 Å². The Kier molecular flexibility index (Phi) is 4.42. The van der Waals surface area contributed by atoms with Crippen LogP contribution in [0.15, 0.2) is 67.3 Å². The molecule has 0 fully saturated rings. The molecule has 0 aliphatic rings. The van der Waals surface area contributed by atoms with E-state index >= 15 is 0 Å². The zero-order chi connectivity index (χ0) is 16.2. The molecule has 0 radical (unpaired) electrons. The van der Waals surface area contributed by atoms with Gasteiger partial charge in [-0.1, -0.05) is 42.5 Å². The summed E-state index contributed by atoms with van der Waals surface area (Å²) in [4.78, 5) is 0. The molecule has 0 aliphatic heterocycles. The van der Waals surface area contributed by atoms with Crippen molar-refractivity contribution in [1.29, 1.82) is 0 Å². The van der Waals surface area contributed by atoms with E-state index in [0.717, 1.165) is 34.2 Å². The monoisotopic (exact) mass is 306 g/mol. The van der Waals surface area contributed by atoms with Gasteiger partial charge in [-0.05, 0) is 53.1 Å². The zero-order valence-corrected chi connectivity index (χ0v) is 13.2. The molecule has 0 bridgehead atoms. The molecule has 0 N–H and O–H groups in total. The van der Waals surface area contributed by atoms with Crippen LogP contribution in [0.1, 0.15) is 12.0 Å². The smallest absolute Gasteiger partial charge is 0.134 e. The van der Waals surface area contributed by atoms with E-state index in [4.69, 9.17) is 4.74 Å². The number of halogens is 1. The normalized spacial score (nSPS) is 10.7. The maximum absolute atomic E-state index is 14.6. The summed E-state index contributed by atoms with van der Waals surface area (Å²) in [6.07, 6.45) is 3.29. The van der Waals surface area contributed by atoms with E-state index in [1.165, 1.54) is 0 Å². The molecule has 0 heterocycles. The van der Waals surface area contributed by atoms with Crippen molar-refractivity contribution in [3.8, 4) is 16.9 Å². The molecule has 0 saturated carbocycles. The molecular formula is C21H19FO. The maximum Gasteiger partial charge on any atom is 0.134 e. The van der Waals surface area contributed by atoms with Crippen LogP contribution in [-0.2, 0) is 6.42 Å². The van der Waals surface area contributed by atoms with Gasteiger partial charge in [-0.2, -0.15) is 0 Å². The molecule has 3 aromatic carbocycles. The topological polar surface area (TPSA) is 9.23 Å². The van der Waals surface area contributed by atoms with Crippen molar-refractivity contribution in [1.82, 2.24) is 0 Å². The molecule has 23 heavy (non-hydrogen) atoms. The van der Waals surface area contributed by atoms with Crippen LogP contribution in [0.4, 0.5) is 4.39 Å². The molecule has 3 aromatic rings. The van der Waals surface area contributed by atoms with Crippen LogP contribution >= 0.6 is 0 Å². The molecular weight excluding hydrogens is 287 g/mol. The molecule has 116 valence electrons. The van der Waals surface area contributed by atoms with Gasteiger partial charge in [0.2, 0.25) is 0 Å². The fourth-order valence-corrected chi connectivity index (χ4v) is 2.75. The molecule has 0 amide bonds. The second-order valence-electron chi connectivity index (χ2n) is 5.53. The summed E-state index contributed by atoms with van der Waals surface area (Å²) < 4.78 is 19.8. The number of ether oxygens (including phenoxy) is 1. The first-order valence-electron chi connectivity index (χ1n) is 7.69. The van der Waals surface area contributed by atoms with Crippen LogP contribution in [0.2, 0.25) is 0 Å². The summed E-state index contributed by atoms with van der Waals surface area (Å²) >= 11 is 0. The minimum Gasteiger partial charge on any atom is -0.497 e. The second-order valence-corrected chi connectivity index (χ2v) is 5.53. The van der Waals surface area contributed by atoms with Crippen molar-refractivity contribution in [2.45, 2.75) is 12.8 Å². The second kappa shape index (κ2) is 6.66. The predicted octanol–water partition coefficient (Wildman–Crippen LogP) is 5.77. The summed E-state index contributed by atoms with van der Waals surface area (Å²) in [5, 5.41) is 1.59. The van der Waals surface area contributed by atoms with Crippen molar-refractivity contribution in [3.05, 3.63) is 78.6 Å². The highest BCUT2D eigenvalue weighted by Crippen LogP contribution is 2.28. The van der Waals surface area contributed by atoms with Gasteiger partial charge in [0.25, 0.3) is 0 Å². The molecule has 0 saturated heterocycles. The average molecular weight is 306 g/mol. The third-order valence-electron chi connectivity index (χ3n) is 4.08. The number of fused-ring (bicyclic) bond motifs is 1. The lowest BCUT2D eigenvalue weighted by Crippen LogP contribution is -1.92. The SMILES string of the molecule is C=CCCc1ccc2cc(-c3ccc(OC)cc3)ccc2c1F. The number of benzene rings is 3. The number of allylic oxidation sites excluding steroid dienone is 1. The Hall–Kier alpha value is -2.61. The highest BCUT2D eigenvalue weighted by molar-refractivity contribution is 5.88. The lowest BCUT2D eigenvalue weighted by atomic mass is 9.98. The van der Waals surface area contributed by atoms with Crippen LogP contribution in [0.3, 0.4) is 0 Å². The first-order valence-corrected chi connectivity index (χ1v) is 7.69. The van der Waals surface area contributed by atoms with Crippen LogP contribution in [0, 0.1) is 5.82 Å². The summed E-state index contributed by atoms with van der Waals surface area (Å²) in [5.74, 6) is 0.707. The van der Waals surface area contributed by atoms with Crippen LogP contribution in [0.5, 0.6) is 5.75 Å². The molecule has 2 heteroatoms. The Morgan fingerprint density at radius 1 is 1.00 bits per heavy atom. The molecule has 0 unspecified atom stereocenters. The van der Waals surface area contributed by atoms with Crippen molar-refractivity contribution in [2.75, 3.05) is 7.11 Å². The van der Waals surface area contributed by atoms with Crippen LogP contribution in [0.25, 0.3) is 21.9 Å². The molecule has 0 atom stereocenters. The quantitative estimate of drug-likeness (QED) is 0.543. The highest BCUT2D eigenvalue weighted by Gasteiger charge is 2.08. The van der Waals surface area contributed by atoms with Gasteiger partial charge in [-0.15, -0.1) is 6.58 Å². The average Bonchev–Trinajstić information content (AvgIpc) is 2.61. The van der Waals surface area contributed by atoms with Crippen LogP contribution in [-0.4, -0.2) is 7.11 Å². The molecule has 0 spiro atoms. The lowest BCUT2D eigenvalue weighted by molar-refractivity contribution is 0.415. The molecule has 0 aliphatic carbocycles. The van der Waals surface area contributed by atoms with E-state index < -0.39 is 0 Å². The number of aryl methyl sites for hydroxylation is 1. The fraction of sp³-hybridized carbons (Fsp3) is 0.143. The third-order valence-corrected chi connectivity index (χ3v) is 4.08. The summed E-state index contributed by atoms with van der Waals surface area (Å²) in [6, 6.07) is 17.6. The minimum absolute atomic E-state index is 0.120. The Morgan fingerprint density at radius 2 is 1.74 bits per heavy atom. The van der Waals surface area contributed by atoms with Gasteiger partial charge in [0.05, 0.1) is 7.11 Å². The van der Waals surface area contributed by atoms with E-state index in [1.807, 2.05) is 60.7 Å². The molecule has 3 rings (SSSR count). The first kappa shape index (κ1) is 15.3. The van der Waals surface area contributed by atoms with Gasteiger partial charge in [-0.3, -0.25) is 0 Å². The van der Waals surface area contributed by atoms with Gasteiger partial charge in [0.1, 0.15) is 11.6 Å². The number of hydrogen-bond donors (Lipinski definition) is 0. The van der Waals surface area contributed by atoms with E-state index in [2.05, 4.69) is 6.58 Å². The first-order chi connectivity index (χ1) is 11.2. The Bertz CT molecular complexity index is 834. The maximum atomic E-state index is 14.6. The van der Waals surface area contributed by atoms with E-state index in [9.17, 15) is 4.39 Å². The lowest BCUT2D eigenvalue weighted by Gasteiger charge is -2.09. The largest absolute Gasteiger partial charge is 0.497 e. The Morgan fingerprint density at radius 3 is 2.43 bits per heavy atom. The van der Waals surface area contributed by atoms with Gasteiger partial charge in [-0.25, -0.2) is 4.39 Å². The van der Waals surface area contributed by atoms with Crippen molar-refractivity contribution in [3.63, 3.8) is 0 Å². The summed E-state index contributed by atoms with van der Waals surface area (Å²) in [6.45, 7) is 3.69. The fourth-order valence-electron chi connectivity index (χ4n) is 2.75. The predicted molar refractivity (Wildman–Crippen MR) is 94.4 cm³/mol. The van der Waals surface area contributed by atoms with Crippen molar-refractivity contribution >= 4 is 10.8 Å². The summed E-state index contributed by atoms with van der Waals surface area (Å²) in [7, 11) is 1.65. The van der Waals surface area contributed by atoms with Gasteiger partial charge in [0.15, 0.2) is 0 Å². The van der Waals surface area contributed by atoms with Crippen molar-refractivity contribution < 1.29 is 9.13 Å².